The van der Waals surface area contributed by atoms with Gasteiger partial charge in [0.1, 0.15) is 5.60 Å². The number of aliphatic hydroxyl groups is 1. The van der Waals surface area contributed by atoms with Gasteiger partial charge in [-0.3, -0.25) is 4.79 Å². The molecule has 1 fully saturated rings. The molecule has 0 bridgehead atoms. The molecule has 0 amide bonds. The normalized spacial score (nSPS) is 30.2. The SMILES string of the molecule is CC(C)C1CCCC(O)(C(C)C(=O)OC(C)(C)C)C1. The van der Waals surface area contributed by atoms with Gasteiger partial charge in [-0.2, -0.15) is 0 Å². The lowest BCUT2D eigenvalue weighted by Crippen LogP contribution is -2.47. The minimum absolute atomic E-state index is 0.278. The Bertz CT molecular complexity index is 316. The van der Waals surface area contributed by atoms with Crippen molar-refractivity contribution in [3.05, 3.63) is 0 Å². The van der Waals surface area contributed by atoms with Crippen LogP contribution in [0.25, 0.3) is 0 Å². The molecular formula is C16H30O3. The van der Waals surface area contributed by atoms with E-state index >= 15 is 0 Å². The molecule has 1 aliphatic rings. The fourth-order valence-electron chi connectivity index (χ4n) is 2.90. The van der Waals surface area contributed by atoms with E-state index in [1.165, 1.54) is 0 Å². The van der Waals surface area contributed by atoms with Crippen molar-refractivity contribution in [1.29, 1.82) is 0 Å². The summed E-state index contributed by atoms with van der Waals surface area (Å²) in [7, 11) is 0. The molecule has 3 unspecified atom stereocenters. The van der Waals surface area contributed by atoms with Crippen LogP contribution in [0.5, 0.6) is 0 Å². The maximum atomic E-state index is 12.2. The Morgan fingerprint density at radius 2 is 1.89 bits per heavy atom. The molecule has 19 heavy (non-hydrogen) atoms. The van der Waals surface area contributed by atoms with Crippen LogP contribution in [0.3, 0.4) is 0 Å². The molecule has 1 N–H and O–H groups in total. The highest BCUT2D eigenvalue weighted by Gasteiger charge is 2.44. The second-order valence-electron chi connectivity index (χ2n) is 7.46. The summed E-state index contributed by atoms with van der Waals surface area (Å²) in [4.78, 5) is 12.2. The molecule has 0 aliphatic heterocycles. The monoisotopic (exact) mass is 270 g/mol. The number of esters is 1. The molecule has 0 aromatic heterocycles. The van der Waals surface area contributed by atoms with Gasteiger partial charge >= 0.3 is 5.97 Å². The minimum atomic E-state index is -0.893. The van der Waals surface area contributed by atoms with Crippen molar-refractivity contribution in [2.45, 2.75) is 78.4 Å². The molecule has 1 rings (SSSR count). The highest BCUT2D eigenvalue weighted by atomic mass is 16.6. The predicted octanol–water partition coefficient (Wildman–Crippen LogP) is 3.54. The third kappa shape index (κ3) is 4.48. The summed E-state index contributed by atoms with van der Waals surface area (Å²) in [5.74, 6) is 0.328. The topological polar surface area (TPSA) is 46.5 Å². The van der Waals surface area contributed by atoms with Crippen LogP contribution in [0.15, 0.2) is 0 Å². The zero-order chi connectivity index (χ0) is 14.8. The molecule has 3 atom stereocenters. The highest BCUT2D eigenvalue weighted by Crippen LogP contribution is 2.41. The molecule has 0 spiro atoms. The standard InChI is InChI=1S/C16H30O3/c1-11(2)13-8-7-9-16(18,10-13)12(3)14(17)19-15(4,5)6/h11-13,18H,7-10H2,1-6H3. The molecular weight excluding hydrogens is 240 g/mol. The first-order valence-electron chi connectivity index (χ1n) is 7.50. The first-order chi connectivity index (χ1) is 8.55. The van der Waals surface area contributed by atoms with Gasteiger partial charge in [-0.15, -0.1) is 0 Å². The second kappa shape index (κ2) is 5.82. The van der Waals surface area contributed by atoms with Crippen molar-refractivity contribution in [3.8, 4) is 0 Å². The summed E-state index contributed by atoms with van der Waals surface area (Å²) < 4.78 is 5.41. The van der Waals surface area contributed by atoms with Crippen molar-refractivity contribution >= 4 is 5.97 Å². The fourth-order valence-corrected chi connectivity index (χ4v) is 2.90. The predicted molar refractivity (Wildman–Crippen MR) is 76.8 cm³/mol. The van der Waals surface area contributed by atoms with Crippen LogP contribution in [0.2, 0.25) is 0 Å². The Morgan fingerprint density at radius 1 is 1.32 bits per heavy atom. The highest BCUT2D eigenvalue weighted by molar-refractivity contribution is 5.74. The Labute approximate surface area is 117 Å². The maximum absolute atomic E-state index is 12.2. The Kier molecular flexibility index (Phi) is 5.05. The van der Waals surface area contributed by atoms with Crippen LogP contribution >= 0.6 is 0 Å². The summed E-state index contributed by atoms with van der Waals surface area (Å²) in [5, 5.41) is 10.8. The summed E-state index contributed by atoms with van der Waals surface area (Å²) in [6.45, 7) is 11.8. The van der Waals surface area contributed by atoms with Gasteiger partial charge in [-0.1, -0.05) is 20.3 Å². The van der Waals surface area contributed by atoms with E-state index in [1.54, 1.807) is 6.92 Å². The average molecular weight is 270 g/mol. The maximum Gasteiger partial charge on any atom is 0.312 e. The van der Waals surface area contributed by atoms with Crippen LogP contribution in [0, 0.1) is 17.8 Å². The van der Waals surface area contributed by atoms with Crippen LogP contribution in [0.4, 0.5) is 0 Å². The number of ether oxygens (including phenoxy) is 1. The minimum Gasteiger partial charge on any atom is -0.460 e. The van der Waals surface area contributed by atoms with Gasteiger partial charge in [0.25, 0.3) is 0 Å². The molecule has 1 aliphatic carbocycles. The summed E-state index contributed by atoms with van der Waals surface area (Å²) in [5.41, 5.74) is -1.39. The number of rotatable bonds is 3. The first kappa shape index (κ1) is 16.5. The Hall–Kier alpha value is -0.570. The van der Waals surface area contributed by atoms with Crippen molar-refractivity contribution < 1.29 is 14.6 Å². The molecule has 0 aromatic rings. The average Bonchev–Trinajstić information content (AvgIpc) is 2.25. The van der Waals surface area contributed by atoms with Gasteiger partial charge in [-0.25, -0.2) is 0 Å². The molecule has 3 nitrogen and oxygen atoms in total. The molecule has 0 aromatic carbocycles. The lowest BCUT2D eigenvalue weighted by atomic mass is 9.69. The van der Waals surface area contributed by atoms with Gasteiger partial charge in [0.05, 0.1) is 11.5 Å². The quantitative estimate of drug-likeness (QED) is 0.798. The molecule has 0 saturated heterocycles. The summed E-state index contributed by atoms with van der Waals surface area (Å²) in [6, 6.07) is 0. The Balaban J connectivity index is 2.73. The van der Waals surface area contributed by atoms with Gasteiger partial charge in [-0.05, 0) is 58.8 Å². The van der Waals surface area contributed by atoms with Crippen molar-refractivity contribution in [3.63, 3.8) is 0 Å². The van der Waals surface area contributed by atoms with Crippen LogP contribution in [0.1, 0.15) is 67.2 Å². The van der Waals surface area contributed by atoms with E-state index in [2.05, 4.69) is 13.8 Å². The van der Waals surface area contributed by atoms with E-state index < -0.39 is 17.1 Å². The Morgan fingerprint density at radius 3 is 2.37 bits per heavy atom. The zero-order valence-corrected chi connectivity index (χ0v) is 13.3. The van der Waals surface area contributed by atoms with Gasteiger partial charge in [0, 0.05) is 0 Å². The van der Waals surface area contributed by atoms with E-state index in [-0.39, 0.29) is 5.97 Å². The van der Waals surface area contributed by atoms with Gasteiger partial charge < -0.3 is 9.84 Å². The molecule has 1 saturated carbocycles. The number of carbonyl (C=O) groups excluding carboxylic acids is 1. The third-order valence-electron chi connectivity index (χ3n) is 4.31. The van der Waals surface area contributed by atoms with Crippen molar-refractivity contribution in [2.75, 3.05) is 0 Å². The smallest absolute Gasteiger partial charge is 0.312 e. The summed E-state index contributed by atoms with van der Waals surface area (Å²) in [6.07, 6.45) is 3.56. The lowest BCUT2D eigenvalue weighted by Gasteiger charge is -2.42. The molecule has 3 heteroatoms. The number of hydrogen-bond donors (Lipinski definition) is 1. The van der Waals surface area contributed by atoms with E-state index in [9.17, 15) is 9.90 Å². The van der Waals surface area contributed by atoms with Crippen LogP contribution in [-0.4, -0.2) is 22.3 Å². The number of carbonyl (C=O) groups is 1. The molecule has 112 valence electrons. The zero-order valence-electron chi connectivity index (χ0n) is 13.3. The third-order valence-corrected chi connectivity index (χ3v) is 4.31. The summed E-state index contributed by atoms with van der Waals surface area (Å²) >= 11 is 0. The van der Waals surface area contributed by atoms with E-state index in [0.29, 0.717) is 24.7 Å². The number of hydrogen-bond acceptors (Lipinski definition) is 3. The lowest BCUT2D eigenvalue weighted by molar-refractivity contribution is -0.172. The van der Waals surface area contributed by atoms with Crippen LogP contribution in [-0.2, 0) is 9.53 Å². The van der Waals surface area contributed by atoms with Crippen LogP contribution < -0.4 is 0 Å². The van der Waals surface area contributed by atoms with Gasteiger partial charge in [0.15, 0.2) is 0 Å². The van der Waals surface area contributed by atoms with Crippen molar-refractivity contribution in [1.82, 2.24) is 0 Å². The first-order valence-corrected chi connectivity index (χ1v) is 7.50. The van der Waals surface area contributed by atoms with E-state index in [4.69, 9.17) is 4.74 Å². The van der Waals surface area contributed by atoms with Crippen molar-refractivity contribution in [2.24, 2.45) is 17.8 Å². The molecule has 0 heterocycles. The molecule has 0 radical (unpaired) electrons. The van der Waals surface area contributed by atoms with E-state index in [0.717, 1.165) is 12.8 Å². The largest absolute Gasteiger partial charge is 0.460 e. The van der Waals surface area contributed by atoms with E-state index in [1.807, 2.05) is 20.8 Å². The second-order valence-corrected chi connectivity index (χ2v) is 7.46. The van der Waals surface area contributed by atoms with Gasteiger partial charge in [0.2, 0.25) is 0 Å². The fraction of sp³-hybridized carbons (Fsp3) is 0.938.